The topological polar surface area (TPSA) is 28.1 Å². The molecule has 0 bridgehead atoms. The zero-order valence-corrected chi connectivity index (χ0v) is 14.6. The third-order valence-corrected chi connectivity index (χ3v) is 4.84. The zero-order valence-electron chi connectivity index (χ0n) is 14.6. The average molecular weight is 373 g/mol. The molecule has 27 heavy (non-hydrogen) atoms. The Labute approximate surface area is 155 Å². The van der Waals surface area contributed by atoms with Crippen molar-refractivity contribution in [3.63, 3.8) is 0 Å². The molecule has 0 saturated carbocycles. The second-order valence-corrected chi connectivity index (χ2v) is 6.54. The average Bonchev–Trinajstić information content (AvgIpc) is 2.98. The summed E-state index contributed by atoms with van der Waals surface area (Å²) in [6, 6.07) is 18.4. The van der Waals surface area contributed by atoms with Crippen molar-refractivity contribution < 1.29 is 18.0 Å². The van der Waals surface area contributed by atoms with Gasteiger partial charge in [0.15, 0.2) is 0 Å². The number of halogens is 3. The van der Waals surface area contributed by atoms with Crippen molar-refractivity contribution in [2.24, 2.45) is 5.16 Å². The van der Waals surface area contributed by atoms with E-state index < -0.39 is 17.7 Å². The maximum atomic E-state index is 13.6. The Morgan fingerprint density at radius 3 is 2.22 bits per heavy atom. The van der Waals surface area contributed by atoms with Crippen molar-refractivity contribution in [3.8, 4) is 0 Å². The van der Waals surface area contributed by atoms with Crippen LogP contribution in [-0.4, -0.2) is 41.9 Å². The first kappa shape index (κ1) is 17.5. The molecule has 4 nitrogen and oxygen atoms in total. The molecule has 0 N–H and O–H groups in total. The fourth-order valence-corrected chi connectivity index (χ4v) is 3.50. The van der Waals surface area contributed by atoms with Gasteiger partial charge >= 0.3 is 6.18 Å². The van der Waals surface area contributed by atoms with Gasteiger partial charge in [0.05, 0.1) is 0 Å². The van der Waals surface area contributed by atoms with Gasteiger partial charge in [-0.15, -0.1) is 0 Å². The maximum Gasteiger partial charge on any atom is 0.453 e. The third kappa shape index (κ3) is 2.93. The molecule has 4 rings (SSSR count). The number of fused-ring (bicyclic) bond motifs is 1. The van der Waals surface area contributed by atoms with Gasteiger partial charge in [-0.2, -0.15) is 13.2 Å². The predicted molar refractivity (Wildman–Crippen MR) is 96.5 cm³/mol. The summed E-state index contributed by atoms with van der Waals surface area (Å²) in [4.78, 5) is 8.68. The standard InChI is InChI=1S/C20H18F3N3O/c1-25-12-13-26-18(20(21,22)23)24-27-19(26,16-10-6-3-7-11-16)14-17(25)15-8-4-2-5-9-15/h2-11,14H,12-13H2,1H3. The molecule has 2 aromatic rings. The number of oxime groups is 1. The summed E-state index contributed by atoms with van der Waals surface area (Å²) in [6.07, 6.45) is -2.87. The van der Waals surface area contributed by atoms with Crippen LogP contribution in [-0.2, 0) is 10.6 Å². The molecule has 0 aliphatic carbocycles. The number of rotatable bonds is 2. The zero-order chi connectivity index (χ0) is 19.1. The highest BCUT2D eigenvalue weighted by Crippen LogP contribution is 2.43. The highest BCUT2D eigenvalue weighted by atomic mass is 19.4. The quantitative estimate of drug-likeness (QED) is 0.796. The van der Waals surface area contributed by atoms with Crippen LogP contribution in [0.4, 0.5) is 13.2 Å². The number of hydrogen-bond donors (Lipinski definition) is 0. The van der Waals surface area contributed by atoms with Gasteiger partial charge in [0.2, 0.25) is 0 Å². The van der Waals surface area contributed by atoms with Gasteiger partial charge in [0, 0.05) is 37.5 Å². The van der Waals surface area contributed by atoms with Crippen LogP contribution in [0.1, 0.15) is 11.1 Å². The monoisotopic (exact) mass is 373 g/mol. The lowest BCUT2D eigenvalue weighted by atomic mass is 9.98. The minimum Gasteiger partial charge on any atom is -0.372 e. The molecule has 2 aliphatic rings. The number of alkyl halides is 3. The Bertz CT molecular complexity index is 880. The van der Waals surface area contributed by atoms with E-state index in [9.17, 15) is 13.2 Å². The largest absolute Gasteiger partial charge is 0.453 e. The summed E-state index contributed by atoms with van der Waals surface area (Å²) < 4.78 is 40.7. The SMILES string of the molecule is CN1CCN2C(C(F)(F)F)=NOC2(c2ccccc2)C=C1c1ccccc1. The molecule has 2 aromatic carbocycles. The molecule has 1 unspecified atom stereocenters. The maximum absolute atomic E-state index is 13.6. The first-order valence-electron chi connectivity index (χ1n) is 8.58. The lowest BCUT2D eigenvalue weighted by Gasteiger charge is -2.34. The molecule has 0 spiro atoms. The molecular formula is C20H18F3N3O. The van der Waals surface area contributed by atoms with Crippen LogP contribution in [0.2, 0.25) is 0 Å². The Morgan fingerprint density at radius 2 is 1.59 bits per heavy atom. The van der Waals surface area contributed by atoms with E-state index in [2.05, 4.69) is 5.16 Å². The highest BCUT2D eigenvalue weighted by molar-refractivity contribution is 5.89. The molecule has 0 amide bonds. The van der Waals surface area contributed by atoms with Gasteiger partial charge in [-0.3, -0.25) is 0 Å². The van der Waals surface area contributed by atoms with E-state index in [0.29, 0.717) is 12.1 Å². The van der Waals surface area contributed by atoms with Gasteiger partial charge in [-0.1, -0.05) is 65.8 Å². The lowest BCUT2D eigenvalue weighted by Crippen LogP contribution is -2.50. The molecule has 140 valence electrons. The van der Waals surface area contributed by atoms with Gasteiger partial charge in [-0.25, -0.2) is 0 Å². The second kappa shape index (κ2) is 6.33. The van der Waals surface area contributed by atoms with E-state index in [-0.39, 0.29) is 6.54 Å². The molecule has 2 heterocycles. The number of benzene rings is 2. The Morgan fingerprint density at radius 1 is 0.963 bits per heavy atom. The summed E-state index contributed by atoms with van der Waals surface area (Å²) in [7, 11) is 1.87. The van der Waals surface area contributed by atoms with E-state index in [1.165, 1.54) is 4.90 Å². The van der Waals surface area contributed by atoms with Crippen LogP contribution in [0.3, 0.4) is 0 Å². The van der Waals surface area contributed by atoms with Crippen LogP contribution >= 0.6 is 0 Å². The molecule has 1 atom stereocenters. The summed E-state index contributed by atoms with van der Waals surface area (Å²) in [6.45, 7) is 0.518. The summed E-state index contributed by atoms with van der Waals surface area (Å²) in [5.74, 6) is -1.01. The number of amidine groups is 1. The van der Waals surface area contributed by atoms with Crippen LogP contribution in [0, 0.1) is 0 Å². The first-order valence-corrected chi connectivity index (χ1v) is 8.58. The fourth-order valence-electron chi connectivity index (χ4n) is 3.50. The second-order valence-electron chi connectivity index (χ2n) is 6.54. The van der Waals surface area contributed by atoms with Crippen LogP contribution < -0.4 is 0 Å². The van der Waals surface area contributed by atoms with Crippen molar-refractivity contribution in [1.82, 2.24) is 9.80 Å². The van der Waals surface area contributed by atoms with Gasteiger partial charge in [0.1, 0.15) is 0 Å². The highest BCUT2D eigenvalue weighted by Gasteiger charge is 2.55. The van der Waals surface area contributed by atoms with Crippen LogP contribution in [0.5, 0.6) is 0 Å². The van der Waals surface area contributed by atoms with Gasteiger partial charge in [-0.05, 0) is 5.56 Å². The number of hydrogen-bond acceptors (Lipinski definition) is 4. The first-order chi connectivity index (χ1) is 12.9. The summed E-state index contributed by atoms with van der Waals surface area (Å²) in [5, 5.41) is 3.45. The predicted octanol–water partition coefficient (Wildman–Crippen LogP) is 4.03. The van der Waals surface area contributed by atoms with Crippen molar-refractivity contribution in [1.29, 1.82) is 0 Å². The number of likely N-dealkylation sites (N-methyl/N-ethyl adjacent to an activating group) is 1. The molecule has 7 heteroatoms. The van der Waals surface area contributed by atoms with Crippen molar-refractivity contribution in [2.45, 2.75) is 11.9 Å². The van der Waals surface area contributed by atoms with Crippen LogP contribution in [0.15, 0.2) is 71.9 Å². The lowest BCUT2D eigenvalue weighted by molar-refractivity contribution is -0.0846. The Balaban J connectivity index is 1.91. The minimum atomic E-state index is -4.60. The number of nitrogens with zero attached hydrogens (tertiary/aromatic N) is 3. The van der Waals surface area contributed by atoms with Crippen molar-refractivity contribution in [3.05, 3.63) is 77.9 Å². The van der Waals surface area contributed by atoms with E-state index in [0.717, 1.165) is 11.3 Å². The van der Waals surface area contributed by atoms with E-state index in [4.69, 9.17) is 4.84 Å². The smallest absolute Gasteiger partial charge is 0.372 e. The molecule has 0 fully saturated rings. The van der Waals surface area contributed by atoms with Gasteiger partial charge in [0.25, 0.3) is 11.6 Å². The molecule has 0 aromatic heterocycles. The summed E-state index contributed by atoms with van der Waals surface area (Å²) >= 11 is 0. The normalized spacial score (nSPS) is 22.5. The molecule has 0 saturated heterocycles. The Hall–Kier alpha value is -2.96. The Kier molecular flexibility index (Phi) is 4.09. The van der Waals surface area contributed by atoms with Crippen molar-refractivity contribution >= 4 is 11.5 Å². The van der Waals surface area contributed by atoms with E-state index >= 15 is 0 Å². The van der Waals surface area contributed by atoms with Crippen LogP contribution in [0.25, 0.3) is 5.70 Å². The van der Waals surface area contributed by atoms with Crippen molar-refractivity contribution in [2.75, 3.05) is 20.1 Å². The van der Waals surface area contributed by atoms with E-state index in [1.54, 1.807) is 30.3 Å². The summed E-state index contributed by atoms with van der Waals surface area (Å²) in [5.41, 5.74) is 0.848. The minimum absolute atomic E-state index is 0.122. The third-order valence-electron chi connectivity index (χ3n) is 4.84. The van der Waals surface area contributed by atoms with E-state index in [1.807, 2.05) is 48.3 Å². The fraction of sp³-hybridized carbons (Fsp3) is 0.250. The molecule has 0 radical (unpaired) electrons. The molecule has 2 aliphatic heterocycles. The van der Waals surface area contributed by atoms with Gasteiger partial charge < -0.3 is 14.6 Å². The molecular weight excluding hydrogens is 355 g/mol.